The molecule has 0 amide bonds. The zero-order valence-electron chi connectivity index (χ0n) is 9.03. The Morgan fingerprint density at radius 1 is 1.14 bits per heavy atom. The molecule has 0 heterocycles. The van der Waals surface area contributed by atoms with Crippen LogP contribution in [0.5, 0.6) is 5.75 Å². The predicted octanol–water partition coefficient (Wildman–Crippen LogP) is 2.66. The van der Waals surface area contributed by atoms with Gasteiger partial charge in [-0.15, -0.1) is 0 Å². The lowest BCUT2D eigenvalue weighted by Gasteiger charge is -2.18. The maximum absolute atomic E-state index is 10.8. The number of hydrogen-bond donors (Lipinski definition) is 0. The molecule has 1 aromatic rings. The molecule has 0 aliphatic heterocycles. The van der Waals surface area contributed by atoms with Crippen molar-refractivity contribution in [3.8, 4) is 5.75 Å². The first-order chi connectivity index (χ1) is 6.39. The van der Waals surface area contributed by atoms with E-state index in [1.54, 1.807) is 0 Å². The van der Waals surface area contributed by atoms with E-state index in [1.807, 2.05) is 24.3 Å². The summed E-state index contributed by atoms with van der Waals surface area (Å²) in [5.41, 5.74) is 1.39. The van der Waals surface area contributed by atoms with Crippen LogP contribution in [0.3, 0.4) is 0 Å². The molecule has 0 aromatic heterocycles. The Bertz CT molecular complexity index is 322. The Morgan fingerprint density at radius 3 is 2.00 bits per heavy atom. The van der Waals surface area contributed by atoms with Crippen molar-refractivity contribution in [2.45, 2.75) is 26.2 Å². The molecule has 0 fully saturated rings. The largest absolute Gasteiger partial charge is 0.401 e. The summed E-state index contributed by atoms with van der Waals surface area (Å²) in [6, 6.07) is 7.70. The third-order valence-corrected chi connectivity index (χ3v) is 2.36. The van der Waals surface area contributed by atoms with E-state index >= 15 is 0 Å². The van der Waals surface area contributed by atoms with E-state index < -0.39 is 11.1 Å². The van der Waals surface area contributed by atoms with Crippen LogP contribution in [0.25, 0.3) is 0 Å². The monoisotopic (exact) mass is 212 g/mol. The molecule has 78 valence electrons. The van der Waals surface area contributed by atoms with Gasteiger partial charge in [-0.2, -0.15) is 0 Å². The molecule has 1 aromatic carbocycles. The molecule has 0 aliphatic carbocycles. The summed E-state index contributed by atoms with van der Waals surface area (Å²) in [6.45, 7) is 6.46. The molecule has 1 unspecified atom stereocenters. The molecule has 0 saturated heterocycles. The Morgan fingerprint density at radius 2 is 1.64 bits per heavy atom. The lowest BCUT2D eigenvalue weighted by atomic mass is 9.87. The second-order valence-corrected chi connectivity index (χ2v) is 5.23. The highest BCUT2D eigenvalue weighted by Crippen LogP contribution is 2.24. The van der Waals surface area contributed by atoms with E-state index in [-0.39, 0.29) is 5.41 Å². The number of rotatable bonds is 2. The van der Waals surface area contributed by atoms with Gasteiger partial charge >= 0.3 is 0 Å². The molecule has 0 saturated carbocycles. The molecule has 1 rings (SSSR count). The summed E-state index contributed by atoms with van der Waals surface area (Å²) in [6.07, 6.45) is 1.51. The molecule has 0 N–H and O–H groups in total. The van der Waals surface area contributed by atoms with Crippen molar-refractivity contribution >= 4 is 11.1 Å². The minimum Gasteiger partial charge on any atom is -0.401 e. The average molecular weight is 212 g/mol. The van der Waals surface area contributed by atoms with Gasteiger partial charge in [-0.3, -0.25) is 0 Å². The quantitative estimate of drug-likeness (QED) is 0.753. The van der Waals surface area contributed by atoms with Gasteiger partial charge in [0.15, 0.2) is 0 Å². The van der Waals surface area contributed by atoms with E-state index in [2.05, 4.69) is 20.8 Å². The van der Waals surface area contributed by atoms with Gasteiger partial charge in [0.05, 0.1) is 0 Å². The molecule has 0 radical (unpaired) electrons. The van der Waals surface area contributed by atoms with E-state index in [4.69, 9.17) is 4.18 Å². The zero-order valence-corrected chi connectivity index (χ0v) is 9.85. The van der Waals surface area contributed by atoms with Gasteiger partial charge in [0.25, 0.3) is 0 Å². The Labute approximate surface area is 88.0 Å². The second kappa shape index (κ2) is 4.13. The van der Waals surface area contributed by atoms with Crippen molar-refractivity contribution in [3.05, 3.63) is 29.8 Å². The van der Waals surface area contributed by atoms with Gasteiger partial charge in [-0.25, -0.2) is 4.21 Å². The first-order valence-electron chi connectivity index (χ1n) is 4.52. The molecule has 0 bridgehead atoms. The Kier molecular flexibility index (Phi) is 3.32. The van der Waals surface area contributed by atoms with Crippen LogP contribution in [0, 0.1) is 0 Å². The molecule has 0 spiro atoms. The third kappa shape index (κ3) is 3.14. The minimum atomic E-state index is -1.24. The fourth-order valence-corrected chi connectivity index (χ4v) is 1.53. The molecular formula is C11H16O2S. The van der Waals surface area contributed by atoms with Gasteiger partial charge in [-0.05, 0) is 23.1 Å². The normalized spacial score (nSPS) is 13.7. The van der Waals surface area contributed by atoms with Crippen LogP contribution >= 0.6 is 0 Å². The third-order valence-electron chi connectivity index (χ3n) is 1.93. The van der Waals surface area contributed by atoms with Crippen molar-refractivity contribution in [1.29, 1.82) is 0 Å². The summed E-state index contributed by atoms with van der Waals surface area (Å²) < 4.78 is 15.8. The van der Waals surface area contributed by atoms with Gasteiger partial charge in [0.1, 0.15) is 5.75 Å². The van der Waals surface area contributed by atoms with Crippen molar-refractivity contribution < 1.29 is 8.39 Å². The topological polar surface area (TPSA) is 26.3 Å². The molecular weight excluding hydrogens is 196 g/mol. The average Bonchev–Trinajstić information content (AvgIpc) is 2.02. The number of benzene rings is 1. The summed E-state index contributed by atoms with van der Waals surface area (Å²) in [4.78, 5) is 0. The Hall–Kier alpha value is -0.830. The van der Waals surface area contributed by atoms with Gasteiger partial charge < -0.3 is 4.18 Å². The van der Waals surface area contributed by atoms with Crippen LogP contribution < -0.4 is 4.18 Å². The predicted molar refractivity (Wildman–Crippen MR) is 59.8 cm³/mol. The first kappa shape index (κ1) is 11.2. The fraction of sp³-hybridized carbons (Fsp3) is 0.455. The molecule has 1 atom stereocenters. The lowest BCUT2D eigenvalue weighted by Crippen LogP contribution is -2.10. The maximum atomic E-state index is 10.8. The van der Waals surface area contributed by atoms with E-state index in [0.717, 1.165) is 0 Å². The molecule has 2 nitrogen and oxygen atoms in total. The maximum Gasteiger partial charge on any atom is 0.203 e. The van der Waals surface area contributed by atoms with Crippen LogP contribution in [0.1, 0.15) is 26.3 Å². The SMILES string of the molecule is CS(=O)Oc1ccc(C(C)(C)C)cc1. The van der Waals surface area contributed by atoms with Crippen LogP contribution in [0.15, 0.2) is 24.3 Å². The highest BCUT2D eigenvalue weighted by molar-refractivity contribution is 7.79. The summed E-state index contributed by atoms with van der Waals surface area (Å²) in [5.74, 6) is 0.652. The van der Waals surface area contributed by atoms with Crippen LogP contribution in [-0.2, 0) is 16.5 Å². The van der Waals surface area contributed by atoms with Crippen molar-refractivity contribution in [1.82, 2.24) is 0 Å². The van der Waals surface area contributed by atoms with Crippen molar-refractivity contribution in [2.24, 2.45) is 0 Å². The van der Waals surface area contributed by atoms with Gasteiger partial charge in [0, 0.05) is 6.26 Å². The van der Waals surface area contributed by atoms with Crippen LogP contribution in [0.2, 0.25) is 0 Å². The van der Waals surface area contributed by atoms with Crippen molar-refractivity contribution in [3.63, 3.8) is 0 Å². The summed E-state index contributed by atoms with van der Waals surface area (Å²) in [5, 5.41) is 0. The highest BCUT2D eigenvalue weighted by Gasteiger charge is 2.12. The first-order valence-corrected chi connectivity index (χ1v) is 6.00. The van der Waals surface area contributed by atoms with E-state index in [0.29, 0.717) is 5.75 Å². The van der Waals surface area contributed by atoms with Crippen LogP contribution in [-0.4, -0.2) is 10.5 Å². The summed E-state index contributed by atoms with van der Waals surface area (Å²) >= 11 is -1.24. The van der Waals surface area contributed by atoms with Crippen molar-refractivity contribution in [2.75, 3.05) is 6.26 Å². The van der Waals surface area contributed by atoms with E-state index in [1.165, 1.54) is 11.8 Å². The van der Waals surface area contributed by atoms with Crippen LogP contribution in [0.4, 0.5) is 0 Å². The summed E-state index contributed by atoms with van der Waals surface area (Å²) in [7, 11) is 0. The lowest BCUT2D eigenvalue weighted by molar-refractivity contribution is 0.563. The van der Waals surface area contributed by atoms with E-state index in [9.17, 15) is 4.21 Å². The van der Waals surface area contributed by atoms with Gasteiger partial charge in [0.2, 0.25) is 11.1 Å². The molecule has 3 heteroatoms. The highest BCUT2D eigenvalue weighted by atomic mass is 32.2. The Balaban J connectivity index is 2.84. The minimum absolute atomic E-state index is 0.143. The molecule has 0 aliphatic rings. The zero-order chi connectivity index (χ0) is 10.8. The second-order valence-electron chi connectivity index (χ2n) is 4.26. The standard InChI is InChI=1S/C11H16O2S/c1-11(2,3)9-5-7-10(8-6-9)13-14(4)12/h5-8H,1-4H3. The van der Waals surface area contributed by atoms with Gasteiger partial charge in [-0.1, -0.05) is 32.9 Å². The number of hydrogen-bond acceptors (Lipinski definition) is 2. The smallest absolute Gasteiger partial charge is 0.203 e. The fourth-order valence-electron chi connectivity index (χ4n) is 1.15. The molecule has 14 heavy (non-hydrogen) atoms.